The van der Waals surface area contributed by atoms with Gasteiger partial charge in [0.15, 0.2) is 11.6 Å². The van der Waals surface area contributed by atoms with Crippen LogP contribution in [-0.4, -0.2) is 36.5 Å². The number of carbonyl (C=O) groups excluding carboxylic acids is 1. The Labute approximate surface area is 117 Å². The van der Waals surface area contributed by atoms with Crippen LogP contribution in [0.25, 0.3) is 0 Å². The Morgan fingerprint density at radius 1 is 1.40 bits per heavy atom. The predicted octanol–water partition coefficient (Wildman–Crippen LogP) is 1.57. The molecule has 1 N–H and O–H groups in total. The van der Waals surface area contributed by atoms with Gasteiger partial charge in [-0.05, 0) is 24.8 Å². The maximum absolute atomic E-state index is 13.6. The lowest BCUT2D eigenvalue weighted by molar-refractivity contribution is -0.131. The molecule has 0 radical (unpaired) electrons. The molecule has 3 rings (SSSR count). The quantitative estimate of drug-likeness (QED) is 0.892. The van der Waals surface area contributed by atoms with Crippen LogP contribution >= 0.6 is 0 Å². The molecule has 3 nitrogen and oxygen atoms in total. The summed E-state index contributed by atoms with van der Waals surface area (Å²) in [5.41, 5.74) is 0.136. The van der Waals surface area contributed by atoms with Gasteiger partial charge < -0.3 is 10.2 Å². The molecule has 20 heavy (non-hydrogen) atoms. The van der Waals surface area contributed by atoms with Crippen molar-refractivity contribution in [2.45, 2.75) is 19.4 Å². The van der Waals surface area contributed by atoms with E-state index in [0.717, 1.165) is 19.2 Å². The first-order chi connectivity index (χ1) is 9.58. The SMILES string of the molecule is CC1C2CNCC2CN1C(=O)Cc1cccc(F)c1F. The van der Waals surface area contributed by atoms with Crippen LogP contribution in [0.3, 0.4) is 0 Å². The molecule has 5 heteroatoms. The third kappa shape index (κ3) is 2.20. The molecule has 2 fully saturated rings. The molecule has 3 unspecified atom stereocenters. The molecule has 0 spiro atoms. The molecule has 0 saturated carbocycles. The number of hydrogen-bond donors (Lipinski definition) is 1. The molecule has 0 aliphatic carbocycles. The Bertz CT molecular complexity index is 535. The summed E-state index contributed by atoms with van der Waals surface area (Å²) in [5.74, 6) is -0.945. The molecule has 1 aromatic rings. The monoisotopic (exact) mass is 280 g/mol. The highest BCUT2D eigenvalue weighted by atomic mass is 19.2. The van der Waals surface area contributed by atoms with Crippen molar-refractivity contribution in [3.05, 3.63) is 35.4 Å². The predicted molar refractivity (Wildman–Crippen MR) is 71.1 cm³/mol. The second-order valence-corrected chi connectivity index (χ2v) is 5.76. The molecule has 0 bridgehead atoms. The van der Waals surface area contributed by atoms with Crippen molar-refractivity contribution in [2.75, 3.05) is 19.6 Å². The van der Waals surface area contributed by atoms with Crippen molar-refractivity contribution in [2.24, 2.45) is 11.8 Å². The molecular weight excluding hydrogens is 262 g/mol. The van der Waals surface area contributed by atoms with Gasteiger partial charge >= 0.3 is 0 Å². The number of halogens is 2. The van der Waals surface area contributed by atoms with Gasteiger partial charge in [-0.1, -0.05) is 12.1 Å². The average molecular weight is 280 g/mol. The summed E-state index contributed by atoms with van der Waals surface area (Å²) < 4.78 is 26.8. The third-order valence-corrected chi connectivity index (χ3v) is 4.63. The van der Waals surface area contributed by atoms with Gasteiger partial charge in [-0.2, -0.15) is 0 Å². The zero-order valence-corrected chi connectivity index (χ0v) is 11.4. The van der Waals surface area contributed by atoms with Gasteiger partial charge in [-0.3, -0.25) is 4.79 Å². The van der Waals surface area contributed by atoms with Crippen molar-refractivity contribution < 1.29 is 13.6 Å². The first kappa shape index (κ1) is 13.5. The Hall–Kier alpha value is -1.49. The lowest BCUT2D eigenvalue weighted by Gasteiger charge is -2.24. The van der Waals surface area contributed by atoms with E-state index in [1.54, 1.807) is 0 Å². The Morgan fingerprint density at radius 2 is 2.20 bits per heavy atom. The maximum Gasteiger partial charge on any atom is 0.227 e. The number of amides is 1. The summed E-state index contributed by atoms with van der Waals surface area (Å²) in [6.07, 6.45) is -0.0686. The van der Waals surface area contributed by atoms with E-state index in [0.29, 0.717) is 18.4 Å². The highest BCUT2D eigenvalue weighted by Gasteiger charge is 2.43. The van der Waals surface area contributed by atoms with Crippen molar-refractivity contribution in [1.29, 1.82) is 0 Å². The minimum atomic E-state index is -0.908. The second-order valence-electron chi connectivity index (χ2n) is 5.76. The number of carbonyl (C=O) groups is 1. The van der Waals surface area contributed by atoms with E-state index in [9.17, 15) is 13.6 Å². The second kappa shape index (κ2) is 5.13. The maximum atomic E-state index is 13.6. The molecule has 2 aliphatic heterocycles. The molecule has 2 heterocycles. The number of fused-ring (bicyclic) bond motifs is 1. The number of hydrogen-bond acceptors (Lipinski definition) is 2. The topological polar surface area (TPSA) is 32.3 Å². The number of benzene rings is 1. The largest absolute Gasteiger partial charge is 0.339 e. The lowest BCUT2D eigenvalue weighted by atomic mass is 9.95. The minimum absolute atomic E-state index is 0.0686. The van der Waals surface area contributed by atoms with E-state index in [1.807, 2.05) is 11.8 Å². The van der Waals surface area contributed by atoms with E-state index in [4.69, 9.17) is 0 Å². The molecule has 1 aromatic carbocycles. The Morgan fingerprint density at radius 3 is 2.95 bits per heavy atom. The van der Waals surface area contributed by atoms with Crippen LogP contribution < -0.4 is 5.32 Å². The first-order valence-corrected chi connectivity index (χ1v) is 7.01. The van der Waals surface area contributed by atoms with Crippen LogP contribution in [0.4, 0.5) is 8.78 Å². The van der Waals surface area contributed by atoms with Crippen LogP contribution in [0.2, 0.25) is 0 Å². The van der Waals surface area contributed by atoms with E-state index in [2.05, 4.69) is 5.32 Å². The first-order valence-electron chi connectivity index (χ1n) is 7.01. The van der Waals surface area contributed by atoms with E-state index in [-0.39, 0.29) is 23.9 Å². The zero-order valence-electron chi connectivity index (χ0n) is 11.4. The highest BCUT2D eigenvalue weighted by Crippen LogP contribution is 2.32. The van der Waals surface area contributed by atoms with Crippen LogP contribution in [0.1, 0.15) is 12.5 Å². The van der Waals surface area contributed by atoms with Crippen LogP contribution in [-0.2, 0) is 11.2 Å². The summed E-state index contributed by atoms with van der Waals surface area (Å²) >= 11 is 0. The molecule has 2 saturated heterocycles. The van der Waals surface area contributed by atoms with Gasteiger partial charge in [0.1, 0.15) is 0 Å². The minimum Gasteiger partial charge on any atom is -0.339 e. The number of rotatable bonds is 2. The smallest absolute Gasteiger partial charge is 0.227 e. The molecular formula is C15H18F2N2O. The van der Waals surface area contributed by atoms with Gasteiger partial charge in [-0.25, -0.2) is 8.78 Å². The lowest BCUT2D eigenvalue weighted by Crippen LogP contribution is -2.39. The normalized spacial score (nSPS) is 28.8. The van der Waals surface area contributed by atoms with Gasteiger partial charge in [0, 0.05) is 31.2 Å². The number of nitrogens with zero attached hydrogens (tertiary/aromatic N) is 1. The Kier molecular flexibility index (Phi) is 3.46. The molecule has 1 amide bonds. The van der Waals surface area contributed by atoms with Crippen molar-refractivity contribution >= 4 is 5.91 Å². The summed E-state index contributed by atoms with van der Waals surface area (Å²) in [7, 11) is 0. The number of nitrogens with one attached hydrogen (secondary N) is 1. The molecule has 3 atom stereocenters. The van der Waals surface area contributed by atoms with Crippen LogP contribution in [0.5, 0.6) is 0 Å². The van der Waals surface area contributed by atoms with Crippen LogP contribution in [0, 0.1) is 23.5 Å². The average Bonchev–Trinajstić information content (AvgIpc) is 2.98. The van der Waals surface area contributed by atoms with Crippen LogP contribution in [0.15, 0.2) is 18.2 Å². The van der Waals surface area contributed by atoms with Crippen molar-refractivity contribution in [3.8, 4) is 0 Å². The summed E-state index contributed by atoms with van der Waals surface area (Å²) in [4.78, 5) is 14.2. The van der Waals surface area contributed by atoms with E-state index in [1.165, 1.54) is 12.1 Å². The summed E-state index contributed by atoms with van der Waals surface area (Å²) in [6.45, 7) is 4.63. The van der Waals surface area contributed by atoms with Gasteiger partial charge in [0.2, 0.25) is 5.91 Å². The molecule has 0 aromatic heterocycles. The summed E-state index contributed by atoms with van der Waals surface area (Å²) in [5, 5.41) is 3.33. The third-order valence-electron chi connectivity index (χ3n) is 4.63. The van der Waals surface area contributed by atoms with E-state index < -0.39 is 11.6 Å². The van der Waals surface area contributed by atoms with Crippen molar-refractivity contribution in [3.63, 3.8) is 0 Å². The molecule has 108 valence electrons. The van der Waals surface area contributed by atoms with Gasteiger partial charge in [-0.15, -0.1) is 0 Å². The molecule has 2 aliphatic rings. The van der Waals surface area contributed by atoms with Gasteiger partial charge in [0.25, 0.3) is 0 Å². The fourth-order valence-corrected chi connectivity index (χ4v) is 3.45. The number of likely N-dealkylation sites (tertiary alicyclic amines) is 1. The van der Waals surface area contributed by atoms with E-state index >= 15 is 0 Å². The summed E-state index contributed by atoms with van der Waals surface area (Å²) in [6, 6.07) is 4.14. The standard InChI is InChI=1S/C15H18F2N2O/c1-9-12-7-18-6-11(12)8-19(9)14(20)5-10-3-2-4-13(16)15(10)17/h2-4,9,11-12,18H,5-8H2,1H3. The fourth-order valence-electron chi connectivity index (χ4n) is 3.45. The van der Waals surface area contributed by atoms with Crippen molar-refractivity contribution in [1.82, 2.24) is 10.2 Å². The zero-order chi connectivity index (χ0) is 14.3. The fraction of sp³-hybridized carbons (Fsp3) is 0.533. The Balaban J connectivity index is 1.72. The van der Waals surface area contributed by atoms with Gasteiger partial charge in [0.05, 0.1) is 6.42 Å². The highest BCUT2D eigenvalue weighted by molar-refractivity contribution is 5.79.